The number of halogens is 1. The molecule has 3 rings (SSSR count). The predicted octanol–water partition coefficient (Wildman–Crippen LogP) is 3.08. The average Bonchev–Trinajstić information content (AvgIpc) is 3.09. The van der Waals surface area contributed by atoms with Crippen molar-refractivity contribution in [2.75, 3.05) is 18.7 Å². The van der Waals surface area contributed by atoms with Crippen molar-refractivity contribution in [1.29, 1.82) is 0 Å². The largest absolute Gasteiger partial charge is 0.454 e. The molecule has 1 amide bonds. The minimum absolute atomic E-state index is 0.105. The van der Waals surface area contributed by atoms with Crippen LogP contribution in [0.4, 0.5) is 11.4 Å². The first-order valence-corrected chi connectivity index (χ1v) is 8.04. The monoisotopic (exact) mass is 392 g/mol. The standard InChI is InChI=1S/C17H13ClN2O7/c1-9-2-3-10(18)4-12(9)19-16(21)7-25-17(22)11-5-14-15(27-8-26-14)6-13(11)20(23)24/h2-6H,7-8H2,1H3,(H,19,21). The number of hydrogen-bond acceptors (Lipinski definition) is 7. The maximum absolute atomic E-state index is 12.2. The van der Waals surface area contributed by atoms with E-state index in [0.29, 0.717) is 10.7 Å². The second-order valence-electron chi connectivity index (χ2n) is 5.56. The van der Waals surface area contributed by atoms with Gasteiger partial charge in [-0.3, -0.25) is 14.9 Å². The van der Waals surface area contributed by atoms with Crippen LogP contribution in [0.2, 0.25) is 5.02 Å². The Balaban J connectivity index is 1.70. The summed E-state index contributed by atoms with van der Waals surface area (Å²) in [6.45, 7) is 1.04. The first kappa shape index (κ1) is 18.5. The summed E-state index contributed by atoms with van der Waals surface area (Å²) in [7, 11) is 0. The molecule has 0 atom stereocenters. The Labute approximate surface area is 157 Å². The first-order chi connectivity index (χ1) is 12.8. The van der Waals surface area contributed by atoms with Crippen LogP contribution < -0.4 is 14.8 Å². The van der Waals surface area contributed by atoms with Gasteiger partial charge in [0.1, 0.15) is 5.56 Å². The lowest BCUT2D eigenvalue weighted by Crippen LogP contribution is -2.21. The minimum Gasteiger partial charge on any atom is -0.454 e. The topological polar surface area (TPSA) is 117 Å². The molecule has 0 spiro atoms. The summed E-state index contributed by atoms with van der Waals surface area (Å²) in [5, 5.41) is 14.2. The highest BCUT2D eigenvalue weighted by molar-refractivity contribution is 6.31. The van der Waals surface area contributed by atoms with Gasteiger partial charge in [-0.2, -0.15) is 0 Å². The number of carbonyl (C=O) groups excluding carboxylic acids is 2. The van der Waals surface area contributed by atoms with Gasteiger partial charge in [0.25, 0.3) is 11.6 Å². The Morgan fingerprint density at radius 1 is 1.26 bits per heavy atom. The number of aryl methyl sites for hydroxylation is 1. The summed E-state index contributed by atoms with van der Waals surface area (Å²) in [5.41, 5.74) is 0.398. The van der Waals surface area contributed by atoms with E-state index in [1.54, 1.807) is 25.1 Å². The molecule has 0 aliphatic carbocycles. The second-order valence-corrected chi connectivity index (χ2v) is 6.00. The summed E-state index contributed by atoms with van der Waals surface area (Å²) in [6, 6.07) is 7.18. The molecule has 10 heteroatoms. The number of nitro groups is 1. The van der Waals surface area contributed by atoms with E-state index < -0.39 is 29.1 Å². The van der Waals surface area contributed by atoms with E-state index in [1.165, 1.54) is 0 Å². The van der Waals surface area contributed by atoms with Crippen molar-refractivity contribution in [2.45, 2.75) is 6.92 Å². The van der Waals surface area contributed by atoms with Crippen LogP contribution in [-0.4, -0.2) is 30.2 Å². The van der Waals surface area contributed by atoms with Gasteiger partial charge in [0.2, 0.25) is 6.79 Å². The van der Waals surface area contributed by atoms with Gasteiger partial charge in [0.15, 0.2) is 18.1 Å². The summed E-state index contributed by atoms with van der Waals surface area (Å²) in [4.78, 5) is 34.7. The van der Waals surface area contributed by atoms with E-state index in [1.807, 2.05) is 0 Å². The summed E-state index contributed by atoms with van der Waals surface area (Å²) in [6.07, 6.45) is 0. The van der Waals surface area contributed by atoms with Crippen molar-refractivity contribution in [1.82, 2.24) is 0 Å². The highest BCUT2D eigenvalue weighted by atomic mass is 35.5. The van der Waals surface area contributed by atoms with Crippen LogP contribution in [-0.2, 0) is 9.53 Å². The van der Waals surface area contributed by atoms with Crippen LogP contribution in [0.3, 0.4) is 0 Å². The van der Waals surface area contributed by atoms with Crippen LogP contribution in [0.5, 0.6) is 11.5 Å². The van der Waals surface area contributed by atoms with E-state index in [-0.39, 0.29) is 23.9 Å². The molecule has 1 aliphatic heterocycles. The zero-order valence-electron chi connectivity index (χ0n) is 14.0. The van der Waals surface area contributed by atoms with Crippen LogP contribution in [0.25, 0.3) is 0 Å². The molecule has 2 aromatic rings. The van der Waals surface area contributed by atoms with Crippen LogP contribution in [0.1, 0.15) is 15.9 Å². The van der Waals surface area contributed by atoms with E-state index >= 15 is 0 Å². The third kappa shape index (κ3) is 4.09. The van der Waals surface area contributed by atoms with Gasteiger partial charge in [-0.05, 0) is 24.6 Å². The fourth-order valence-corrected chi connectivity index (χ4v) is 2.54. The van der Waals surface area contributed by atoms with Gasteiger partial charge < -0.3 is 19.5 Å². The van der Waals surface area contributed by atoms with E-state index in [0.717, 1.165) is 17.7 Å². The first-order valence-electron chi connectivity index (χ1n) is 7.66. The molecule has 0 saturated carbocycles. The number of carbonyl (C=O) groups is 2. The summed E-state index contributed by atoms with van der Waals surface area (Å²) in [5.74, 6) is -1.30. The number of ether oxygens (including phenoxy) is 3. The van der Waals surface area contributed by atoms with E-state index in [9.17, 15) is 19.7 Å². The van der Waals surface area contributed by atoms with Crippen molar-refractivity contribution < 1.29 is 28.7 Å². The van der Waals surface area contributed by atoms with Gasteiger partial charge in [-0.1, -0.05) is 17.7 Å². The SMILES string of the molecule is Cc1ccc(Cl)cc1NC(=O)COC(=O)c1cc2c(cc1[N+](=O)[O-])OCO2. The van der Waals surface area contributed by atoms with Crippen molar-refractivity contribution in [3.05, 3.63) is 56.6 Å². The molecule has 0 radical (unpaired) electrons. The fraction of sp³-hybridized carbons (Fsp3) is 0.176. The summed E-state index contributed by atoms with van der Waals surface area (Å²) < 4.78 is 15.1. The molecule has 27 heavy (non-hydrogen) atoms. The van der Waals surface area contributed by atoms with Gasteiger partial charge in [0, 0.05) is 16.8 Å². The van der Waals surface area contributed by atoms with Gasteiger partial charge in [0.05, 0.1) is 11.0 Å². The molecule has 2 aromatic carbocycles. The minimum atomic E-state index is -1.03. The van der Waals surface area contributed by atoms with Crippen LogP contribution in [0, 0.1) is 17.0 Å². The highest BCUT2D eigenvalue weighted by Crippen LogP contribution is 2.38. The number of amides is 1. The smallest absolute Gasteiger partial charge is 0.345 e. The Morgan fingerprint density at radius 2 is 1.96 bits per heavy atom. The van der Waals surface area contributed by atoms with Crippen molar-refractivity contribution in [3.63, 3.8) is 0 Å². The van der Waals surface area contributed by atoms with E-state index in [2.05, 4.69) is 5.32 Å². The molecule has 9 nitrogen and oxygen atoms in total. The number of nitro benzene ring substituents is 1. The quantitative estimate of drug-likeness (QED) is 0.472. The normalized spacial score (nSPS) is 11.8. The van der Waals surface area contributed by atoms with Gasteiger partial charge in [-0.25, -0.2) is 4.79 Å². The van der Waals surface area contributed by atoms with E-state index in [4.69, 9.17) is 25.8 Å². The highest BCUT2D eigenvalue weighted by Gasteiger charge is 2.28. The number of fused-ring (bicyclic) bond motifs is 1. The predicted molar refractivity (Wildman–Crippen MR) is 94.3 cm³/mol. The molecule has 0 fully saturated rings. The third-order valence-corrected chi connectivity index (χ3v) is 3.95. The molecule has 1 N–H and O–H groups in total. The fourth-order valence-electron chi connectivity index (χ4n) is 2.37. The maximum atomic E-state index is 12.2. The zero-order valence-corrected chi connectivity index (χ0v) is 14.7. The number of hydrogen-bond donors (Lipinski definition) is 1. The van der Waals surface area contributed by atoms with Gasteiger partial charge in [-0.15, -0.1) is 0 Å². The molecular weight excluding hydrogens is 380 g/mol. The lowest BCUT2D eigenvalue weighted by molar-refractivity contribution is -0.385. The molecule has 140 valence electrons. The molecule has 0 saturated heterocycles. The van der Waals surface area contributed by atoms with Gasteiger partial charge >= 0.3 is 5.97 Å². The Morgan fingerprint density at radius 3 is 2.67 bits per heavy atom. The van der Waals surface area contributed by atoms with Crippen molar-refractivity contribution in [3.8, 4) is 11.5 Å². The van der Waals surface area contributed by atoms with Crippen molar-refractivity contribution in [2.24, 2.45) is 0 Å². The molecule has 0 bridgehead atoms. The second kappa shape index (κ2) is 7.50. The summed E-state index contributed by atoms with van der Waals surface area (Å²) >= 11 is 5.88. The molecular formula is C17H13ClN2O7. The van der Waals surface area contributed by atoms with Crippen LogP contribution >= 0.6 is 11.6 Å². The third-order valence-electron chi connectivity index (χ3n) is 3.72. The number of anilines is 1. The Bertz CT molecular complexity index is 945. The number of esters is 1. The number of nitrogens with one attached hydrogen (secondary N) is 1. The molecule has 0 aromatic heterocycles. The molecule has 0 unspecified atom stereocenters. The van der Waals surface area contributed by atoms with Crippen molar-refractivity contribution >= 4 is 34.9 Å². The molecule has 1 aliphatic rings. The number of benzene rings is 2. The van der Waals surface area contributed by atoms with Crippen LogP contribution in [0.15, 0.2) is 30.3 Å². The maximum Gasteiger partial charge on any atom is 0.345 e. The lowest BCUT2D eigenvalue weighted by Gasteiger charge is -2.10. The Hall–Kier alpha value is -3.33. The lowest BCUT2D eigenvalue weighted by atomic mass is 10.1. The zero-order chi connectivity index (χ0) is 19.6. The molecule has 1 heterocycles. The average molecular weight is 393 g/mol. The number of nitrogens with zero attached hydrogens (tertiary/aromatic N) is 1. The Kier molecular flexibility index (Phi) is 5.13. The number of rotatable bonds is 5.